The molecule has 1 amide bonds. The van der Waals surface area contributed by atoms with Gasteiger partial charge in [-0.25, -0.2) is 5.43 Å². The van der Waals surface area contributed by atoms with Crippen molar-refractivity contribution < 1.29 is 26.8 Å². The first-order valence-corrected chi connectivity index (χ1v) is 7.98. The quantitative estimate of drug-likeness (QED) is 0.466. The number of alkyl halides is 3. The van der Waals surface area contributed by atoms with Crippen LogP contribution >= 0.6 is 15.9 Å². The van der Waals surface area contributed by atoms with Crippen LogP contribution in [-0.4, -0.2) is 12.1 Å². The van der Waals surface area contributed by atoms with Crippen molar-refractivity contribution in [2.45, 2.75) is 6.18 Å². The fourth-order valence-electron chi connectivity index (χ4n) is 2.15. The maximum absolute atomic E-state index is 13.2. The summed E-state index contributed by atoms with van der Waals surface area (Å²) in [5, 5.41) is 3.68. The topological polar surface area (TPSA) is 67.7 Å². The van der Waals surface area contributed by atoms with Gasteiger partial charge in [-0.15, -0.1) is 0 Å². The van der Waals surface area contributed by atoms with Crippen LogP contribution in [0.5, 0.6) is 0 Å². The first kappa shape index (κ1) is 18.0. The monoisotopic (exact) mass is 426 g/mol. The number of carbonyl (C=O) groups is 1. The highest BCUT2D eigenvalue weighted by molar-refractivity contribution is 9.10. The number of hydrogen-bond acceptors (Lipinski definition) is 4. The lowest BCUT2D eigenvalue weighted by atomic mass is 10.1. The standard InChI is InChI=1S/C17H10BrF3N2O3/c18-10-3-5-12(13(8-10)17(19,20)21)14-6-4-11(26-14)9-22-23-16(24)15-2-1-7-25-15/h1-9H,(H,23,24)/b22-9-. The van der Waals surface area contributed by atoms with Crippen molar-refractivity contribution in [3.63, 3.8) is 0 Å². The fraction of sp³-hybridized carbons (Fsp3) is 0.0588. The smallest absolute Gasteiger partial charge is 0.417 e. The summed E-state index contributed by atoms with van der Waals surface area (Å²) < 4.78 is 50.2. The van der Waals surface area contributed by atoms with Crippen LogP contribution in [0, 0.1) is 0 Å². The highest BCUT2D eigenvalue weighted by atomic mass is 79.9. The van der Waals surface area contributed by atoms with Gasteiger partial charge >= 0.3 is 12.1 Å². The van der Waals surface area contributed by atoms with Crippen LogP contribution < -0.4 is 5.43 Å². The Kier molecular flexibility index (Phi) is 4.99. The molecule has 1 aromatic carbocycles. The Morgan fingerprint density at radius 3 is 2.69 bits per heavy atom. The predicted octanol–water partition coefficient (Wildman–Crippen LogP) is 5.08. The van der Waals surface area contributed by atoms with Crippen LogP contribution in [0.4, 0.5) is 13.2 Å². The number of benzene rings is 1. The molecule has 0 saturated carbocycles. The zero-order valence-electron chi connectivity index (χ0n) is 12.9. The molecular formula is C17H10BrF3N2O3. The van der Waals surface area contributed by atoms with Gasteiger partial charge in [0.25, 0.3) is 0 Å². The molecule has 3 aromatic rings. The summed E-state index contributed by atoms with van der Waals surface area (Å²) in [7, 11) is 0. The Labute approximate surface area is 153 Å². The summed E-state index contributed by atoms with van der Waals surface area (Å²) >= 11 is 3.03. The van der Waals surface area contributed by atoms with Crippen LogP contribution in [0.2, 0.25) is 0 Å². The van der Waals surface area contributed by atoms with Gasteiger partial charge in [-0.3, -0.25) is 4.79 Å². The number of nitrogens with zero attached hydrogens (tertiary/aromatic N) is 1. The average Bonchev–Trinajstić information content (AvgIpc) is 3.25. The molecule has 134 valence electrons. The van der Waals surface area contributed by atoms with Gasteiger partial charge in [-0.1, -0.05) is 15.9 Å². The largest absolute Gasteiger partial charge is 0.459 e. The molecule has 1 N–H and O–H groups in total. The molecule has 0 aliphatic rings. The molecule has 2 heterocycles. The van der Waals surface area contributed by atoms with Crippen LogP contribution in [0.1, 0.15) is 21.9 Å². The van der Waals surface area contributed by atoms with Crippen molar-refractivity contribution >= 4 is 28.1 Å². The van der Waals surface area contributed by atoms with Crippen molar-refractivity contribution in [2.75, 3.05) is 0 Å². The van der Waals surface area contributed by atoms with Gasteiger partial charge in [0.15, 0.2) is 5.76 Å². The van der Waals surface area contributed by atoms with Gasteiger partial charge in [0.05, 0.1) is 18.0 Å². The van der Waals surface area contributed by atoms with Gasteiger partial charge in [-0.2, -0.15) is 18.3 Å². The van der Waals surface area contributed by atoms with E-state index in [4.69, 9.17) is 8.83 Å². The molecule has 0 unspecified atom stereocenters. The average molecular weight is 427 g/mol. The normalized spacial score (nSPS) is 11.8. The summed E-state index contributed by atoms with van der Waals surface area (Å²) in [5.41, 5.74) is 1.30. The van der Waals surface area contributed by atoms with Crippen molar-refractivity contribution in [1.82, 2.24) is 5.43 Å². The number of amides is 1. The molecule has 0 aliphatic carbocycles. The summed E-state index contributed by atoms with van der Waals surface area (Å²) in [6.45, 7) is 0. The Bertz CT molecular complexity index is 947. The van der Waals surface area contributed by atoms with Gasteiger partial charge in [-0.05, 0) is 42.5 Å². The molecular weight excluding hydrogens is 417 g/mol. The third-order valence-corrected chi connectivity index (χ3v) is 3.78. The number of rotatable bonds is 4. The number of halogens is 4. The van der Waals surface area contributed by atoms with Gasteiger partial charge in [0, 0.05) is 10.0 Å². The zero-order valence-corrected chi connectivity index (χ0v) is 14.5. The van der Waals surface area contributed by atoms with Crippen LogP contribution in [-0.2, 0) is 6.18 Å². The molecule has 0 radical (unpaired) electrons. The molecule has 0 bridgehead atoms. The Morgan fingerprint density at radius 1 is 1.19 bits per heavy atom. The van der Waals surface area contributed by atoms with Crippen molar-refractivity contribution in [3.05, 3.63) is 70.3 Å². The first-order valence-electron chi connectivity index (χ1n) is 7.18. The molecule has 26 heavy (non-hydrogen) atoms. The molecule has 0 spiro atoms. The maximum Gasteiger partial charge on any atom is 0.417 e. The minimum absolute atomic E-state index is 0.0311. The fourth-order valence-corrected chi connectivity index (χ4v) is 2.51. The number of furan rings is 2. The molecule has 0 aliphatic heterocycles. The molecule has 2 aromatic heterocycles. The van der Waals surface area contributed by atoms with Gasteiger partial charge in [0.2, 0.25) is 0 Å². The number of hydrazone groups is 1. The Morgan fingerprint density at radius 2 is 2.00 bits per heavy atom. The minimum atomic E-state index is -4.53. The first-order chi connectivity index (χ1) is 12.3. The van der Waals surface area contributed by atoms with Crippen LogP contribution in [0.25, 0.3) is 11.3 Å². The van der Waals surface area contributed by atoms with Crippen molar-refractivity contribution in [3.8, 4) is 11.3 Å². The van der Waals surface area contributed by atoms with E-state index in [0.29, 0.717) is 4.47 Å². The third kappa shape index (κ3) is 4.05. The zero-order chi connectivity index (χ0) is 18.7. The molecule has 5 nitrogen and oxygen atoms in total. The molecule has 9 heteroatoms. The van der Waals surface area contributed by atoms with E-state index in [1.165, 1.54) is 42.8 Å². The highest BCUT2D eigenvalue weighted by Crippen LogP contribution is 2.39. The molecule has 3 rings (SSSR count). The summed E-state index contributed by atoms with van der Waals surface area (Å²) in [6.07, 6.45) is -2.01. The number of hydrogen-bond donors (Lipinski definition) is 1. The predicted molar refractivity (Wildman–Crippen MR) is 90.6 cm³/mol. The third-order valence-electron chi connectivity index (χ3n) is 3.28. The minimum Gasteiger partial charge on any atom is -0.459 e. The van der Waals surface area contributed by atoms with E-state index in [0.717, 1.165) is 6.07 Å². The number of carbonyl (C=O) groups excluding carboxylic acids is 1. The second-order valence-electron chi connectivity index (χ2n) is 5.07. The molecule has 0 saturated heterocycles. The summed E-state index contributed by atoms with van der Waals surface area (Å²) in [6, 6.07) is 9.63. The van der Waals surface area contributed by atoms with E-state index in [-0.39, 0.29) is 22.8 Å². The number of nitrogens with one attached hydrogen (secondary N) is 1. The van der Waals surface area contributed by atoms with Crippen LogP contribution in [0.3, 0.4) is 0 Å². The van der Waals surface area contributed by atoms with Crippen LogP contribution in [0.15, 0.2) is 67.1 Å². The Balaban J connectivity index is 1.78. The van der Waals surface area contributed by atoms with E-state index < -0.39 is 17.6 Å². The van der Waals surface area contributed by atoms with E-state index in [1.807, 2.05) is 0 Å². The summed E-state index contributed by atoms with van der Waals surface area (Å²) in [4.78, 5) is 11.6. The lowest BCUT2D eigenvalue weighted by Crippen LogP contribution is -2.16. The van der Waals surface area contributed by atoms with E-state index >= 15 is 0 Å². The Hall–Kier alpha value is -2.81. The summed E-state index contributed by atoms with van der Waals surface area (Å²) in [5.74, 6) is -0.281. The molecule has 0 atom stereocenters. The lowest BCUT2D eigenvalue weighted by molar-refractivity contribution is -0.137. The van der Waals surface area contributed by atoms with E-state index in [2.05, 4.69) is 26.5 Å². The molecule has 0 fully saturated rings. The van der Waals surface area contributed by atoms with E-state index in [1.54, 1.807) is 6.07 Å². The second kappa shape index (κ2) is 7.20. The second-order valence-corrected chi connectivity index (χ2v) is 5.98. The van der Waals surface area contributed by atoms with Gasteiger partial charge < -0.3 is 8.83 Å². The SMILES string of the molecule is O=C(N/N=C\c1ccc(-c2ccc(Br)cc2C(F)(F)F)o1)c1ccco1. The highest BCUT2D eigenvalue weighted by Gasteiger charge is 2.34. The van der Waals surface area contributed by atoms with Crippen molar-refractivity contribution in [2.24, 2.45) is 5.10 Å². The van der Waals surface area contributed by atoms with Gasteiger partial charge in [0.1, 0.15) is 11.5 Å². The van der Waals surface area contributed by atoms with Crippen molar-refractivity contribution in [1.29, 1.82) is 0 Å². The lowest BCUT2D eigenvalue weighted by Gasteiger charge is -2.11. The van der Waals surface area contributed by atoms with E-state index in [9.17, 15) is 18.0 Å². The maximum atomic E-state index is 13.2.